The van der Waals surface area contributed by atoms with Crippen molar-refractivity contribution in [2.45, 2.75) is 144 Å². The lowest BCUT2D eigenvalue weighted by Crippen LogP contribution is -2.63. The molecule has 66 heavy (non-hydrogen) atoms. The maximum Gasteiger partial charge on any atom is 0.410 e. The molecule has 17 heteroatoms. The van der Waals surface area contributed by atoms with Gasteiger partial charge in [-0.05, 0) is 71.4 Å². The molecular formula is C49H73N7O10. The summed E-state index contributed by atoms with van der Waals surface area (Å²) in [6.45, 7) is 24.4. The Balaban J connectivity index is 1.96. The minimum atomic E-state index is -1.40. The van der Waals surface area contributed by atoms with Gasteiger partial charge in [0.15, 0.2) is 0 Å². The predicted octanol–water partition coefficient (Wildman–Crippen LogP) is 4.91. The zero-order chi connectivity index (χ0) is 50.4. The van der Waals surface area contributed by atoms with Crippen LogP contribution in [0.5, 0.6) is 0 Å². The second-order valence-electron chi connectivity index (χ2n) is 21.0. The topological polar surface area (TPSA) is 206 Å². The first-order valence-electron chi connectivity index (χ1n) is 22.3. The number of nitrogens with zero attached hydrogens (tertiary/aromatic N) is 4. The third-order valence-corrected chi connectivity index (χ3v) is 11.2. The van der Waals surface area contributed by atoms with Crippen molar-refractivity contribution in [1.29, 1.82) is 0 Å². The molecule has 1 aromatic carbocycles. The molecule has 4 atom stereocenters. The summed E-state index contributed by atoms with van der Waals surface area (Å²) < 4.78 is 13.2. The van der Waals surface area contributed by atoms with E-state index in [1.54, 1.807) is 54.7 Å². The van der Waals surface area contributed by atoms with Gasteiger partial charge in [-0.15, -0.1) is 0 Å². The van der Waals surface area contributed by atoms with Crippen molar-refractivity contribution in [3.63, 3.8) is 0 Å². The Hall–Kier alpha value is -6.00. The Morgan fingerprint density at radius 3 is 1.88 bits per heavy atom. The second-order valence-corrected chi connectivity index (χ2v) is 21.0. The number of nitrogens with one attached hydrogen (secondary N) is 3. The third kappa shape index (κ3) is 14.0. The third-order valence-electron chi connectivity index (χ3n) is 11.2. The van der Waals surface area contributed by atoms with E-state index in [0.717, 1.165) is 33.5 Å². The van der Waals surface area contributed by atoms with Gasteiger partial charge in [-0.25, -0.2) is 4.79 Å². The highest BCUT2D eigenvalue weighted by Crippen LogP contribution is 2.37. The Kier molecular flexibility index (Phi) is 17.4. The highest BCUT2D eigenvalue weighted by Gasteiger charge is 2.47. The number of esters is 1. The second kappa shape index (κ2) is 21.1. The van der Waals surface area contributed by atoms with E-state index in [1.807, 2.05) is 90.5 Å². The van der Waals surface area contributed by atoms with Crippen molar-refractivity contribution in [3.8, 4) is 0 Å². The molecule has 0 spiro atoms. The molecule has 0 bridgehead atoms. The predicted molar refractivity (Wildman–Crippen MR) is 252 cm³/mol. The number of aryl methyl sites for hydroxylation is 1. The number of likely N-dealkylation sites (N-methyl/N-ethyl adjacent to an activating group) is 2. The van der Waals surface area contributed by atoms with E-state index in [1.165, 1.54) is 23.8 Å². The van der Waals surface area contributed by atoms with Crippen LogP contribution < -0.4 is 16.0 Å². The van der Waals surface area contributed by atoms with E-state index >= 15 is 0 Å². The standard InChI is InChI=1S/C49H73N7O10/c1-29(2)35(26-30(3)41(60)51-33(27-38(59)65-47(7,8)9)42(61)50-24-25-56-36(57)22-23-37(56)58)54(16)44(63)39(46(4,5)6)52-43(62)40(55(17)45(64)66-48(10,11)12)49(13,14)32-28-53(15)34-21-19-18-20-31(32)34/h18-23,26,28-29,33,35,39-40H,24-25,27H2,1-17H3,(H,50,61)(H,51,60)(H,52,62)/b30-26+/t33-,35+,39+,40+/m0/s1. The molecule has 2 aromatic rings. The number of hydrogen-bond acceptors (Lipinski definition) is 10. The number of hydrogen-bond donors (Lipinski definition) is 3. The Morgan fingerprint density at radius 1 is 0.788 bits per heavy atom. The van der Waals surface area contributed by atoms with Crippen LogP contribution in [0.15, 0.2) is 54.3 Å². The minimum absolute atomic E-state index is 0.127. The fourth-order valence-corrected chi connectivity index (χ4v) is 7.83. The summed E-state index contributed by atoms with van der Waals surface area (Å²) in [4.78, 5) is 111. The first-order valence-corrected chi connectivity index (χ1v) is 22.3. The molecule has 3 rings (SSSR count). The summed E-state index contributed by atoms with van der Waals surface area (Å²) in [5.41, 5.74) is -1.75. The maximum absolute atomic E-state index is 14.9. The summed E-state index contributed by atoms with van der Waals surface area (Å²) in [6, 6.07) is 3.37. The van der Waals surface area contributed by atoms with E-state index < -0.39 is 100 Å². The van der Waals surface area contributed by atoms with Crippen LogP contribution in [0.2, 0.25) is 0 Å². The first-order chi connectivity index (χ1) is 30.2. The lowest BCUT2D eigenvalue weighted by Gasteiger charge is -2.42. The SMILES string of the molecule is C/C(=C\[C@H](C(C)C)N(C)C(=O)[C@@H](NC(=O)[C@@H](N(C)C(=O)OC(C)(C)C)C(C)(C)c1cn(C)c2ccccc12)C(C)(C)C)C(=O)N[C@@H](CC(=O)OC(C)(C)C)C(=O)NCCN1C(=O)C=CC1=O. The van der Waals surface area contributed by atoms with Gasteiger partial charge in [0.1, 0.15) is 29.3 Å². The zero-order valence-electron chi connectivity index (χ0n) is 42.0. The highest BCUT2D eigenvalue weighted by molar-refractivity contribution is 6.13. The number of para-hydroxylation sites is 1. The maximum atomic E-state index is 14.9. The number of imide groups is 1. The molecule has 0 radical (unpaired) electrons. The van der Waals surface area contributed by atoms with Crippen LogP contribution in [-0.2, 0) is 55.5 Å². The van der Waals surface area contributed by atoms with Gasteiger partial charge >= 0.3 is 12.1 Å². The van der Waals surface area contributed by atoms with Gasteiger partial charge < -0.3 is 34.9 Å². The molecule has 0 fully saturated rings. The number of aromatic nitrogens is 1. The average molecular weight is 920 g/mol. The van der Waals surface area contributed by atoms with Crippen molar-refractivity contribution in [3.05, 3.63) is 59.8 Å². The van der Waals surface area contributed by atoms with Gasteiger partial charge in [0.25, 0.3) is 11.8 Å². The molecule has 1 aliphatic rings. The molecule has 7 amide bonds. The molecule has 17 nitrogen and oxygen atoms in total. The van der Waals surface area contributed by atoms with E-state index in [4.69, 9.17) is 9.47 Å². The van der Waals surface area contributed by atoms with Gasteiger partial charge in [-0.3, -0.25) is 43.4 Å². The molecular weight excluding hydrogens is 847 g/mol. The number of fused-ring (bicyclic) bond motifs is 1. The van der Waals surface area contributed by atoms with Gasteiger partial charge in [0.05, 0.1) is 12.5 Å². The lowest BCUT2D eigenvalue weighted by atomic mass is 9.76. The van der Waals surface area contributed by atoms with Crippen LogP contribution in [0.3, 0.4) is 0 Å². The zero-order valence-corrected chi connectivity index (χ0v) is 42.0. The molecule has 0 saturated heterocycles. The van der Waals surface area contributed by atoms with Gasteiger partial charge in [-0.1, -0.05) is 72.7 Å². The minimum Gasteiger partial charge on any atom is -0.460 e. The average Bonchev–Trinajstić information content (AvgIpc) is 3.69. The summed E-state index contributed by atoms with van der Waals surface area (Å²) >= 11 is 0. The molecule has 3 N–H and O–H groups in total. The number of rotatable bonds is 17. The van der Waals surface area contributed by atoms with Crippen LogP contribution >= 0.6 is 0 Å². The molecule has 1 aromatic heterocycles. The molecule has 0 unspecified atom stereocenters. The Morgan fingerprint density at radius 2 is 1.35 bits per heavy atom. The lowest BCUT2D eigenvalue weighted by molar-refractivity contribution is -0.156. The largest absolute Gasteiger partial charge is 0.460 e. The highest BCUT2D eigenvalue weighted by atomic mass is 16.6. The molecule has 0 aliphatic carbocycles. The summed E-state index contributed by atoms with van der Waals surface area (Å²) in [5, 5.41) is 9.13. The van der Waals surface area contributed by atoms with Gasteiger partial charge in [-0.2, -0.15) is 0 Å². The molecule has 364 valence electrons. The van der Waals surface area contributed by atoms with Gasteiger partial charge in [0, 0.05) is 74.5 Å². The van der Waals surface area contributed by atoms with Crippen molar-refractivity contribution in [1.82, 2.24) is 35.2 Å². The smallest absolute Gasteiger partial charge is 0.410 e. The number of carbonyl (C=O) groups excluding carboxylic acids is 8. The summed E-state index contributed by atoms with van der Waals surface area (Å²) in [6.07, 6.45) is 4.53. The van der Waals surface area contributed by atoms with E-state index in [-0.39, 0.29) is 24.6 Å². The Bertz CT molecular complexity index is 2220. The van der Waals surface area contributed by atoms with E-state index in [2.05, 4.69) is 16.0 Å². The normalized spacial score (nSPS) is 15.5. The quantitative estimate of drug-likeness (QED) is 0.111. The molecule has 0 saturated carbocycles. The first kappa shape index (κ1) is 54.3. The van der Waals surface area contributed by atoms with Crippen LogP contribution in [0.4, 0.5) is 4.79 Å². The molecule has 2 heterocycles. The fourth-order valence-electron chi connectivity index (χ4n) is 7.83. The summed E-state index contributed by atoms with van der Waals surface area (Å²) in [7, 11) is 5.00. The van der Waals surface area contributed by atoms with Crippen LogP contribution in [-0.4, -0.2) is 129 Å². The Labute approximate surface area is 390 Å². The number of ether oxygens (including phenoxy) is 2. The number of amides is 7. The van der Waals surface area contributed by atoms with Crippen LogP contribution in [0.25, 0.3) is 10.9 Å². The van der Waals surface area contributed by atoms with E-state index in [9.17, 15) is 38.4 Å². The van der Waals surface area contributed by atoms with E-state index in [0.29, 0.717) is 0 Å². The van der Waals surface area contributed by atoms with Crippen molar-refractivity contribution >= 4 is 58.4 Å². The van der Waals surface area contributed by atoms with Crippen molar-refractivity contribution in [2.24, 2.45) is 18.4 Å². The fraction of sp³-hybridized carbons (Fsp3) is 0.592. The molecule has 1 aliphatic heterocycles. The van der Waals surface area contributed by atoms with Crippen LogP contribution in [0, 0.1) is 11.3 Å². The van der Waals surface area contributed by atoms with Gasteiger partial charge in [0.2, 0.25) is 23.6 Å². The van der Waals surface area contributed by atoms with Crippen LogP contribution in [0.1, 0.15) is 109 Å². The monoisotopic (exact) mass is 920 g/mol. The summed E-state index contributed by atoms with van der Waals surface area (Å²) in [5.74, 6) is -4.56. The number of carbonyl (C=O) groups is 8. The van der Waals surface area contributed by atoms with Crippen molar-refractivity contribution < 1.29 is 47.8 Å². The number of benzene rings is 1. The van der Waals surface area contributed by atoms with Crippen molar-refractivity contribution in [2.75, 3.05) is 27.2 Å².